The summed E-state index contributed by atoms with van der Waals surface area (Å²) in [5.41, 5.74) is 1.05. The molecule has 0 amide bonds. The Morgan fingerprint density at radius 2 is 2.10 bits per heavy atom. The first-order chi connectivity index (χ1) is 10.1. The van der Waals surface area contributed by atoms with Gasteiger partial charge in [-0.1, -0.05) is 6.07 Å². The van der Waals surface area contributed by atoms with Crippen LogP contribution in [-0.2, 0) is 13.6 Å². The van der Waals surface area contributed by atoms with Crippen LogP contribution in [-0.4, -0.2) is 19.3 Å². The molecule has 0 saturated carbocycles. The van der Waals surface area contributed by atoms with Gasteiger partial charge in [0, 0.05) is 25.4 Å². The zero-order valence-electron chi connectivity index (χ0n) is 11.3. The van der Waals surface area contributed by atoms with Crippen LogP contribution in [0.2, 0.25) is 0 Å². The van der Waals surface area contributed by atoms with Gasteiger partial charge in [-0.05, 0) is 18.2 Å². The van der Waals surface area contributed by atoms with E-state index in [-0.39, 0.29) is 11.2 Å². The normalized spacial score (nSPS) is 10.9. The fraction of sp³-hybridized carbons (Fsp3) is 0.143. The minimum atomic E-state index is -0.505. The summed E-state index contributed by atoms with van der Waals surface area (Å²) < 4.78 is 3.20. The third-order valence-electron chi connectivity index (χ3n) is 3.40. The maximum atomic E-state index is 12.4. The van der Waals surface area contributed by atoms with Crippen molar-refractivity contribution in [2.75, 3.05) is 0 Å². The molecule has 0 unspecified atom stereocenters. The predicted octanol–water partition coefficient (Wildman–Crippen LogP) is 1.69. The van der Waals surface area contributed by atoms with E-state index in [9.17, 15) is 14.9 Å². The molecule has 0 aliphatic heterocycles. The SMILES string of the molecule is Cn1c2ccc([N+](=O)[O-])cc2c(=O)n1Cc1ccccn1. The third-order valence-corrected chi connectivity index (χ3v) is 3.40. The predicted molar refractivity (Wildman–Crippen MR) is 77.2 cm³/mol. The molecule has 0 bridgehead atoms. The summed E-state index contributed by atoms with van der Waals surface area (Å²) in [6, 6.07) is 9.77. The van der Waals surface area contributed by atoms with Gasteiger partial charge in [0.25, 0.3) is 11.2 Å². The molecule has 7 heteroatoms. The lowest BCUT2D eigenvalue weighted by Gasteiger charge is -2.06. The van der Waals surface area contributed by atoms with Gasteiger partial charge in [-0.25, -0.2) is 4.68 Å². The van der Waals surface area contributed by atoms with Crippen molar-refractivity contribution in [1.29, 1.82) is 0 Å². The van der Waals surface area contributed by atoms with Crippen LogP contribution in [0.3, 0.4) is 0 Å². The van der Waals surface area contributed by atoms with Crippen LogP contribution < -0.4 is 5.56 Å². The van der Waals surface area contributed by atoms with Gasteiger partial charge < -0.3 is 0 Å². The van der Waals surface area contributed by atoms with Gasteiger partial charge in [-0.3, -0.25) is 24.6 Å². The molecule has 3 rings (SSSR count). The number of non-ortho nitro benzene ring substituents is 1. The maximum Gasteiger partial charge on any atom is 0.275 e. The summed E-state index contributed by atoms with van der Waals surface area (Å²) in [7, 11) is 1.75. The van der Waals surface area contributed by atoms with Crippen molar-refractivity contribution < 1.29 is 4.92 Å². The van der Waals surface area contributed by atoms with Crippen LogP contribution >= 0.6 is 0 Å². The molecule has 1 aromatic carbocycles. The third kappa shape index (κ3) is 2.18. The first-order valence-corrected chi connectivity index (χ1v) is 6.32. The summed E-state index contributed by atoms with van der Waals surface area (Å²) in [6.45, 7) is 0.318. The lowest BCUT2D eigenvalue weighted by atomic mass is 10.2. The van der Waals surface area contributed by atoms with Crippen molar-refractivity contribution in [2.24, 2.45) is 7.05 Å². The van der Waals surface area contributed by atoms with E-state index in [0.29, 0.717) is 17.4 Å². The average molecular weight is 284 g/mol. The summed E-state index contributed by atoms with van der Waals surface area (Å²) >= 11 is 0. The molecule has 2 heterocycles. The number of nitrogens with zero attached hydrogens (tertiary/aromatic N) is 4. The van der Waals surface area contributed by atoms with Crippen molar-refractivity contribution in [3.63, 3.8) is 0 Å². The van der Waals surface area contributed by atoms with E-state index in [2.05, 4.69) is 4.98 Å². The number of aromatic nitrogens is 3. The Labute approximate surface area is 119 Å². The Hall–Kier alpha value is -2.96. The number of hydrogen-bond donors (Lipinski definition) is 0. The molecule has 3 aromatic rings. The Morgan fingerprint density at radius 3 is 2.76 bits per heavy atom. The number of benzene rings is 1. The van der Waals surface area contributed by atoms with E-state index in [4.69, 9.17) is 0 Å². The highest BCUT2D eigenvalue weighted by Crippen LogP contribution is 2.18. The summed E-state index contributed by atoms with van der Waals surface area (Å²) in [5.74, 6) is 0. The molecule has 0 atom stereocenters. The van der Waals surface area contributed by atoms with E-state index in [1.54, 1.807) is 30.1 Å². The maximum absolute atomic E-state index is 12.4. The molecule has 0 N–H and O–H groups in total. The second-order valence-electron chi connectivity index (χ2n) is 4.67. The first-order valence-electron chi connectivity index (χ1n) is 6.32. The fourth-order valence-electron chi connectivity index (χ4n) is 2.32. The van der Waals surface area contributed by atoms with Crippen molar-refractivity contribution >= 4 is 16.6 Å². The van der Waals surface area contributed by atoms with Gasteiger partial charge in [0.05, 0.1) is 28.1 Å². The minimum Gasteiger partial charge on any atom is -0.285 e. The lowest BCUT2D eigenvalue weighted by molar-refractivity contribution is -0.384. The molecule has 2 aromatic heterocycles. The lowest BCUT2D eigenvalue weighted by Crippen LogP contribution is -2.22. The van der Waals surface area contributed by atoms with E-state index in [1.165, 1.54) is 16.8 Å². The van der Waals surface area contributed by atoms with Gasteiger partial charge in [0.15, 0.2) is 0 Å². The molecular formula is C14H12N4O3. The van der Waals surface area contributed by atoms with E-state index in [0.717, 1.165) is 5.69 Å². The monoisotopic (exact) mass is 284 g/mol. The number of aryl methyl sites for hydroxylation is 1. The Morgan fingerprint density at radius 1 is 1.29 bits per heavy atom. The standard InChI is InChI=1S/C14H12N4O3/c1-16-13-6-5-11(18(20)21)8-12(13)14(19)17(16)9-10-4-2-3-7-15-10/h2-8H,9H2,1H3. The molecule has 0 aliphatic rings. The molecule has 7 nitrogen and oxygen atoms in total. The largest absolute Gasteiger partial charge is 0.285 e. The summed E-state index contributed by atoms with van der Waals surface area (Å²) in [5, 5.41) is 11.2. The van der Waals surface area contributed by atoms with E-state index >= 15 is 0 Å². The Kier molecular flexibility index (Phi) is 3.02. The van der Waals surface area contributed by atoms with Crippen molar-refractivity contribution in [3.05, 3.63) is 68.8 Å². The Bertz CT molecular complexity index is 880. The number of hydrogen-bond acceptors (Lipinski definition) is 4. The van der Waals surface area contributed by atoms with Gasteiger partial charge >= 0.3 is 0 Å². The average Bonchev–Trinajstić information content (AvgIpc) is 2.73. The summed E-state index contributed by atoms with van der Waals surface area (Å²) in [6.07, 6.45) is 1.66. The van der Waals surface area contributed by atoms with Gasteiger partial charge in [-0.15, -0.1) is 0 Å². The molecular weight excluding hydrogens is 272 g/mol. The molecule has 0 aliphatic carbocycles. The highest BCUT2D eigenvalue weighted by atomic mass is 16.6. The number of nitro groups is 1. The molecule has 0 saturated heterocycles. The Balaban J connectivity index is 2.16. The van der Waals surface area contributed by atoms with Crippen LogP contribution in [0.4, 0.5) is 5.69 Å². The second-order valence-corrected chi connectivity index (χ2v) is 4.67. The molecule has 0 radical (unpaired) electrons. The van der Waals surface area contributed by atoms with Crippen LogP contribution in [0.5, 0.6) is 0 Å². The second kappa shape index (κ2) is 4.86. The topological polar surface area (TPSA) is 83.0 Å². The zero-order chi connectivity index (χ0) is 15.0. The number of rotatable bonds is 3. The molecule has 106 valence electrons. The minimum absolute atomic E-state index is 0.0878. The van der Waals surface area contributed by atoms with Crippen LogP contribution in [0.1, 0.15) is 5.69 Å². The number of pyridine rings is 1. The summed E-state index contributed by atoms with van der Waals surface area (Å²) in [4.78, 5) is 26.9. The van der Waals surface area contributed by atoms with E-state index < -0.39 is 4.92 Å². The quantitative estimate of drug-likeness (QED) is 0.541. The zero-order valence-corrected chi connectivity index (χ0v) is 11.3. The highest BCUT2D eigenvalue weighted by Gasteiger charge is 2.15. The van der Waals surface area contributed by atoms with Gasteiger partial charge in [0.2, 0.25) is 0 Å². The molecule has 0 spiro atoms. The first kappa shape index (κ1) is 13.0. The molecule has 0 fully saturated rings. The smallest absolute Gasteiger partial charge is 0.275 e. The van der Waals surface area contributed by atoms with Crippen LogP contribution in [0.15, 0.2) is 47.4 Å². The van der Waals surface area contributed by atoms with Crippen molar-refractivity contribution in [2.45, 2.75) is 6.54 Å². The van der Waals surface area contributed by atoms with Crippen LogP contribution in [0.25, 0.3) is 10.9 Å². The highest BCUT2D eigenvalue weighted by molar-refractivity contribution is 5.81. The van der Waals surface area contributed by atoms with Gasteiger partial charge in [0.1, 0.15) is 0 Å². The fourth-order valence-corrected chi connectivity index (χ4v) is 2.32. The van der Waals surface area contributed by atoms with Crippen molar-refractivity contribution in [3.8, 4) is 0 Å². The van der Waals surface area contributed by atoms with Gasteiger partial charge in [-0.2, -0.15) is 0 Å². The van der Waals surface area contributed by atoms with E-state index in [1.807, 2.05) is 12.1 Å². The molecule has 21 heavy (non-hydrogen) atoms. The van der Waals surface area contributed by atoms with Crippen molar-refractivity contribution in [1.82, 2.24) is 14.3 Å². The number of fused-ring (bicyclic) bond motifs is 1. The van der Waals surface area contributed by atoms with Crippen LogP contribution in [0, 0.1) is 10.1 Å². The number of nitro benzene ring substituents is 1.